The second-order valence-electron chi connectivity index (χ2n) is 15.9. The summed E-state index contributed by atoms with van der Waals surface area (Å²) in [6, 6.07) is 0. The number of phenolic OH excluding ortho intramolecular Hbond substituents is 1. The molecule has 1 fully saturated rings. The predicted molar refractivity (Wildman–Crippen MR) is 216 cm³/mol. The maximum Gasteiger partial charge on any atom is 0.344 e. The quantitative estimate of drug-likeness (QED) is 0.204. The number of methoxy groups -OCH3 is 1. The molecule has 18 nitrogen and oxygen atoms in total. The highest BCUT2D eigenvalue weighted by molar-refractivity contribution is 6.33. The molecule has 1 amide bonds. The van der Waals surface area contributed by atoms with Crippen molar-refractivity contribution in [1.82, 2.24) is 10.2 Å². The summed E-state index contributed by atoms with van der Waals surface area (Å²) in [6.07, 6.45) is 3.29. The Kier molecular flexibility index (Phi) is 14.5. The first-order chi connectivity index (χ1) is 28.7. The molecule has 1 aromatic rings. The van der Waals surface area contributed by atoms with Crippen LogP contribution >= 0.6 is 0 Å². The fourth-order valence-electron chi connectivity index (χ4n) is 8.06. The van der Waals surface area contributed by atoms with E-state index in [2.05, 4.69) is 10.5 Å². The van der Waals surface area contributed by atoms with Crippen LogP contribution < -0.4 is 10.1 Å². The standard InChI is InChI=1S/C43H55N3O15/c1-20-11-10-12-21(2)42(55)44-32-33(46-14-17-57-18-15-46)38(54)29-30(37(32)53)36(52)25(6)40-31(29)41(45-59-19-28(48)49)43(8,61-40)58-16-13-27(56-9)22(3)39(60-26(7)47)24(5)35(51)23(4)34(20)50/h10-13,16,20,22-24,27,34-35,39,50-52H,14-15,17-19H2,1-9H3,(H,44,55)(H,48,49)/b11-10+,16-13+,21-12-,45-41+/t20-,22+,23+,24+,27-,34-,35+,39+,43-/m0/s1. The number of morpholine rings is 1. The molecule has 5 aliphatic rings. The Balaban J connectivity index is 1.74. The molecule has 332 valence electrons. The van der Waals surface area contributed by atoms with E-state index in [0.717, 1.165) is 0 Å². The van der Waals surface area contributed by atoms with Crippen LogP contribution in [0.2, 0.25) is 0 Å². The SMILES string of the molecule is CO[C@H]1/C=C/O[C@@]2(C)Oc3c(C)c(O)c4c(c3/C2=N\OCC(=O)O)C(=O)C(N2CCOCC2)=C(NC(=O)/C(C)=C\C=C\[C@H](C)[C@H](O)[C@@H](C)[C@@H](O)[C@@H](C)[C@H](OC(C)=O)[C@@H]1C)C4=O. The van der Waals surface area contributed by atoms with Gasteiger partial charge in [0.25, 0.3) is 11.7 Å². The van der Waals surface area contributed by atoms with Gasteiger partial charge in [-0.2, -0.15) is 0 Å². The summed E-state index contributed by atoms with van der Waals surface area (Å²) in [5.74, 6) is -9.78. The Morgan fingerprint density at radius 2 is 1.64 bits per heavy atom. The van der Waals surface area contributed by atoms with Crippen LogP contribution in [0.25, 0.3) is 0 Å². The number of phenols is 1. The van der Waals surface area contributed by atoms with Crippen molar-refractivity contribution in [1.29, 1.82) is 0 Å². The zero-order chi connectivity index (χ0) is 45.1. The van der Waals surface area contributed by atoms with E-state index in [4.69, 9.17) is 28.5 Å². The van der Waals surface area contributed by atoms with Crippen molar-refractivity contribution in [3.05, 3.63) is 69.8 Å². The number of fused-ring (bicyclic) bond motifs is 14. The van der Waals surface area contributed by atoms with Crippen LogP contribution in [0, 0.1) is 30.6 Å². The molecule has 61 heavy (non-hydrogen) atoms. The molecule has 5 N–H and O–H groups in total. The third-order valence-corrected chi connectivity index (χ3v) is 11.6. The molecular weight excluding hydrogens is 798 g/mol. The van der Waals surface area contributed by atoms with E-state index in [9.17, 15) is 44.4 Å². The Morgan fingerprint density at radius 3 is 2.26 bits per heavy atom. The number of rotatable bonds is 6. The summed E-state index contributed by atoms with van der Waals surface area (Å²) in [6.45, 7) is 12.2. The number of hydrogen-bond donors (Lipinski definition) is 5. The minimum Gasteiger partial charge on any atom is -0.507 e. The van der Waals surface area contributed by atoms with E-state index in [1.165, 1.54) is 53.2 Å². The minimum absolute atomic E-state index is 0.00457. The Bertz CT molecular complexity index is 2080. The molecule has 4 aliphatic heterocycles. The van der Waals surface area contributed by atoms with Crippen molar-refractivity contribution in [3.63, 3.8) is 0 Å². The van der Waals surface area contributed by atoms with Gasteiger partial charge in [-0.1, -0.05) is 51.1 Å². The summed E-state index contributed by atoms with van der Waals surface area (Å²) < 4.78 is 29.6. The van der Waals surface area contributed by atoms with Crippen molar-refractivity contribution >= 4 is 35.1 Å². The number of allylic oxidation sites excluding steroid dienone is 4. The predicted octanol–water partition coefficient (Wildman–Crippen LogP) is 2.91. The molecular formula is C43H55N3O15. The van der Waals surface area contributed by atoms with Crippen molar-refractivity contribution in [3.8, 4) is 11.5 Å². The number of carbonyl (C=O) groups is 5. The molecule has 0 radical (unpaired) electrons. The highest BCUT2D eigenvalue weighted by Gasteiger charge is 2.52. The lowest BCUT2D eigenvalue weighted by atomic mass is 9.78. The van der Waals surface area contributed by atoms with Crippen LogP contribution in [0.1, 0.15) is 80.3 Å². The van der Waals surface area contributed by atoms with E-state index < -0.39 is 101 Å². The molecule has 18 heteroatoms. The van der Waals surface area contributed by atoms with Crippen molar-refractivity contribution in [2.24, 2.45) is 28.8 Å². The van der Waals surface area contributed by atoms with Gasteiger partial charge < -0.3 is 59.2 Å². The number of aliphatic hydroxyl groups is 2. The number of aliphatic carboxylic acids is 1. The van der Waals surface area contributed by atoms with Crippen LogP contribution in [0.4, 0.5) is 0 Å². The number of carboxylic acid groups (broad SMARTS) is 1. The zero-order valence-corrected chi connectivity index (χ0v) is 35.7. The minimum atomic E-state index is -2.00. The highest BCUT2D eigenvalue weighted by Crippen LogP contribution is 2.49. The number of ether oxygens (including phenoxy) is 5. The molecule has 5 bridgehead atoms. The number of carbonyl (C=O) groups excluding carboxylic acids is 4. The maximum atomic E-state index is 15.0. The molecule has 9 atom stereocenters. The highest BCUT2D eigenvalue weighted by atomic mass is 16.7. The maximum absolute atomic E-state index is 15.0. The monoisotopic (exact) mass is 853 g/mol. The van der Waals surface area contributed by atoms with E-state index in [1.54, 1.807) is 44.7 Å². The number of carboxylic acids is 1. The normalized spacial score (nSPS) is 32.6. The molecule has 1 aliphatic carbocycles. The fourth-order valence-corrected chi connectivity index (χ4v) is 8.06. The number of amides is 1. The Hall–Kier alpha value is -5.56. The van der Waals surface area contributed by atoms with E-state index in [0.29, 0.717) is 0 Å². The van der Waals surface area contributed by atoms with Gasteiger partial charge in [-0.05, 0) is 19.9 Å². The van der Waals surface area contributed by atoms with Gasteiger partial charge in [0.1, 0.15) is 29.0 Å². The van der Waals surface area contributed by atoms with Gasteiger partial charge in [0, 0.05) is 68.9 Å². The number of ketones is 2. The number of benzene rings is 1. The first-order valence-electron chi connectivity index (χ1n) is 20.0. The Labute approximate surface area is 353 Å². The average molecular weight is 854 g/mol. The zero-order valence-electron chi connectivity index (χ0n) is 35.7. The van der Waals surface area contributed by atoms with Gasteiger partial charge >= 0.3 is 11.9 Å². The van der Waals surface area contributed by atoms with Crippen molar-refractivity contribution < 1.29 is 72.9 Å². The molecule has 0 aromatic heterocycles. The second-order valence-corrected chi connectivity index (χ2v) is 15.9. The van der Waals surface area contributed by atoms with Gasteiger partial charge in [-0.25, -0.2) is 4.79 Å². The fraction of sp³-hybridized carbons (Fsp3) is 0.535. The lowest BCUT2D eigenvalue weighted by Crippen LogP contribution is -2.46. The third kappa shape index (κ3) is 9.36. The van der Waals surface area contributed by atoms with Crippen LogP contribution in [0.5, 0.6) is 11.5 Å². The van der Waals surface area contributed by atoms with Crippen LogP contribution in [0.3, 0.4) is 0 Å². The van der Waals surface area contributed by atoms with Crippen LogP contribution in [-0.4, -0.2) is 131 Å². The summed E-state index contributed by atoms with van der Waals surface area (Å²) in [7, 11) is 1.41. The summed E-state index contributed by atoms with van der Waals surface area (Å²) in [5, 5.41) is 50.7. The number of Topliss-reactive ketones (excluding diaryl/α,β-unsaturated/α-hetero) is 2. The first-order valence-corrected chi connectivity index (χ1v) is 20.0. The lowest BCUT2D eigenvalue weighted by molar-refractivity contribution is -0.160. The van der Waals surface area contributed by atoms with Crippen LogP contribution in [-0.2, 0) is 38.2 Å². The average Bonchev–Trinajstić information content (AvgIpc) is 3.51. The van der Waals surface area contributed by atoms with Gasteiger partial charge in [0.05, 0.1) is 54.5 Å². The number of esters is 1. The molecule has 6 rings (SSSR count). The number of hydrogen-bond acceptors (Lipinski definition) is 16. The van der Waals surface area contributed by atoms with E-state index in [-0.39, 0.29) is 71.4 Å². The van der Waals surface area contributed by atoms with Gasteiger partial charge in [0.2, 0.25) is 18.2 Å². The largest absolute Gasteiger partial charge is 0.507 e. The van der Waals surface area contributed by atoms with Crippen molar-refractivity contribution in [2.45, 2.75) is 85.6 Å². The molecule has 1 saturated heterocycles. The first kappa shape index (κ1) is 46.5. The molecule has 4 heterocycles. The molecule has 0 unspecified atom stereocenters. The number of aromatic hydroxyl groups is 1. The van der Waals surface area contributed by atoms with Crippen LogP contribution in [0.15, 0.2) is 52.7 Å². The number of oxime groups is 1. The molecule has 0 spiro atoms. The summed E-state index contributed by atoms with van der Waals surface area (Å²) >= 11 is 0. The van der Waals surface area contributed by atoms with E-state index in [1.807, 2.05) is 0 Å². The molecule has 1 aromatic carbocycles. The third-order valence-electron chi connectivity index (χ3n) is 11.6. The molecule has 0 saturated carbocycles. The lowest BCUT2D eigenvalue weighted by Gasteiger charge is -2.38. The van der Waals surface area contributed by atoms with E-state index >= 15 is 0 Å². The summed E-state index contributed by atoms with van der Waals surface area (Å²) in [4.78, 5) is 74.2. The number of nitrogens with zero attached hydrogens (tertiary/aromatic N) is 2. The van der Waals surface area contributed by atoms with Gasteiger partial charge in [0.15, 0.2) is 5.71 Å². The second kappa shape index (κ2) is 19.0. The topological polar surface area (TPSA) is 249 Å². The smallest absolute Gasteiger partial charge is 0.344 e. The number of aliphatic hydroxyl groups excluding tert-OH is 2. The Morgan fingerprint density at radius 1 is 0.967 bits per heavy atom. The van der Waals surface area contributed by atoms with Crippen molar-refractivity contribution in [2.75, 3.05) is 40.0 Å². The summed E-state index contributed by atoms with van der Waals surface area (Å²) in [5.41, 5.74) is -1.64. The van der Waals surface area contributed by atoms with Gasteiger partial charge in [-0.3, -0.25) is 19.2 Å². The van der Waals surface area contributed by atoms with Gasteiger partial charge in [-0.15, -0.1) is 0 Å². The number of nitrogens with one attached hydrogen (secondary N) is 1.